The molecule has 10 heteroatoms. The lowest BCUT2D eigenvalue weighted by Gasteiger charge is -2.26. The minimum atomic E-state index is -6.12. The summed E-state index contributed by atoms with van der Waals surface area (Å²) in [6.07, 6.45) is -11.2. The normalized spacial score (nSPS) is 15.3. The monoisotopic (exact) mass is 311 g/mol. The zero-order valence-electron chi connectivity index (χ0n) is 9.29. The predicted molar refractivity (Wildman–Crippen MR) is 49.3 cm³/mol. The maximum absolute atomic E-state index is 13.2. The van der Waals surface area contributed by atoms with Gasteiger partial charge in [0, 0.05) is 5.56 Å². The van der Waals surface area contributed by atoms with E-state index in [4.69, 9.17) is 0 Å². The van der Waals surface area contributed by atoms with Gasteiger partial charge >= 0.3 is 18.3 Å². The number of alkyl halides is 8. The van der Waals surface area contributed by atoms with E-state index >= 15 is 0 Å². The second-order valence-corrected chi connectivity index (χ2v) is 3.83. The first-order chi connectivity index (χ1) is 8.78. The molecular formula is C10H6F9N. The molecule has 0 fully saturated rings. The summed E-state index contributed by atoms with van der Waals surface area (Å²) >= 11 is 0. The minimum Gasteiger partial charge on any atom is -0.319 e. The van der Waals surface area contributed by atoms with Crippen molar-refractivity contribution < 1.29 is 39.5 Å². The standard InChI is InChI=1S/C10H6F9N/c11-6-2-1-4(9(14,15)16)3-5(6)7(20)8(12,13)10(17,18)19/h1-3,7H,20H2/t7-/m0/s1. The second-order valence-electron chi connectivity index (χ2n) is 3.83. The van der Waals surface area contributed by atoms with Crippen molar-refractivity contribution in [3.63, 3.8) is 0 Å². The highest BCUT2D eigenvalue weighted by Gasteiger charge is 2.62. The molecule has 1 atom stereocenters. The fraction of sp³-hybridized carbons (Fsp3) is 0.400. The topological polar surface area (TPSA) is 26.0 Å². The van der Waals surface area contributed by atoms with Crippen LogP contribution in [0, 0.1) is 5.82 Å². The lowest BCUT2D eigenvalue weighted by atomic mass is 9.98. The lowest BCUT2D eigenvalue weighted by Crippen LogP contribution is -2.46. The van der Waals surface area contributed by atoms with Gasteiger partial charge < -0.3 is 5.73 Å². The van der Waals surface area contributed by atoms with Crippen molar-refractivity contribution in [3.8, 4) is 0 Å². The molecule has 1 rings (SSSR count). The fourth-order valence-electron chi connectivity index (χ4n) is 1.33. The maximum Gasteiger partial charge on any atom is 0.455 e. The first-order valence-corrected chi connectivity index (χ1v) is 4.85. The molecule has 0 saturated carbocycles. The maximum atomic E-state index is 13.2. The van der Waals surface area contributed by atoms with Crippen LogP contribution in [0.15, 0.2) is 18.2 Å². The molecule has 0 radical (unpaired) electrons. The number of rotatable bonds is 2. The lowest BCUT2D eigenvalue weighted by molar-refractivity contribution is -0.291. The van der Waals surface area contributed by atoms with Gasteiger partial charge in [-0.1, -0.05) is 0 Å². The van der Waals surface area contributed by atoms with Crippen molar-refractivity contribution in [3.05, 3.63) is 35.1 Å². The van der Waals surface area contributed by atoms with Crippen molar-refractivity contribution in [2.45, 2.75) is 24.3 Å². The fourth-order valence-corrected chi connectivity index (χ4v) is 1.33. The van der Waals surface area contributed by atoms with Crippen LogP contribution in [0.3, 0.4) is 0 Å². The molecular weight excluding hydrogens is 305 g/mol. The number of benzene rings is 1. The molecule has 0 bridgehead atoms. The molecule has 0 aliphatic heterocycles. The molecule has 1 nitrogen and oxygen atoms in total. The molecule has 1 aromatic carbocycles. The molecule has 0 amide bonds. The smallest absolute Gasteiger partial charge is 0.319 e. The average Bonchev–Trinajstić information content (AvgIpc) is 2.25. The molecule has 0 unspecified atom stereocenters. The van der Waals surface area contributed by atoms with Gasteiger partial charge in [0.2, 0.25) is 0 Å². The van der Waals surface area contributed by atoms with Crippen LogP contribution >= 0.6 is 0 Å². The van der Waals surface area contributed by atoms with E-state index in [9.17, 15) is 39.5 Å². The van der Waals surface area contributed by atoms with Crippen molar-refractivity contribution in [2.75, 3.05) is 0 Å². The minimum absolute atomic E-state index is 0.129. The Morgan fingerprint density at radius 2 is 1.40 bits per heavy atom. The third kappa shape index (κ3) is 3.00. The highest BCUT2D eigenvalue weighted by molar-refractivity contribution is 5.31. The zero-order chi connectivity index (χ0) is 15.9. The van der Waals surface area contributed by atoms with Crippen LogP contribution in [-0.2, 0) is 6.18 Å². The molecule has 0 spiro atoms. The SMILES string of the molecule is N[C@@H](c1cc(C(F)(F)F)ccc1F)C(F)(F)C(F)(F)F. The summed E-state index contributed by atoms with van der Waals surface area (Å²) in [5, 5.41) is 0. The Hall–Kier alpha value is -1.45. The molecule has 0 heterocycles. The third-order valence-corrected chi connectivity index (χ3v) is 2.43. The Balaban J connectivity index is 3.33. The largest absolute Gasteiger partial charge is 0.455 e. The van der Waals surface area contributed by atoms with Gasteiger partial charge in [0.25, 0.3) is 0 Å². The quantitative estimate of drug-likeness (QED) is 0.820. The van der Waals surface area contributed by atoms with Crippen LogP contribution in [-0.4, -0.2) is 12.1 Å². The molecule has 2 N–H and O–H groups in total. The second kappa shape index (κ2) is 4.83. The van der Waals surface area contributed by atoms with Crippen LogP contribution < -0.4 is 5.73 Å². The van der Waals surface area contributed by atoms with E-state index in [1.54, 1.807) is 0 Å². The summed E-state index contributed by atoms with van der Waals surface area (Å²) in [7, 11) is 0. The summed E-state index contributed by atoms with van der Waals surface area (Å²) < 4.78 is 112. The van der Waals surface area contributed by atoms with Crippen molar-refractivity contribution in [1.29, 1.82) is 0 Å². The zero-order valence-corrected chi connectivity index (χ0v) is 9.29. The van der Waals surface area contributed by atoms with Crippen LogP contribution in [0.1, 0.15) is 17.2 Å². The van der Waals surface area contributed by atoms with E-state index in [-0.39, 0.29) is 18.2 Å². The van der Waals surface area contributed by atoms with Gasteiger partial charge in [0.15, 0.2) is 0 Å². The molecule has 0 aliphatic rings. The number of nitrogens with two attached hydrogens (primary N) is 1. The Morgan fingerprint density at radius 3 is 1.80 bits per heavy atom. The van der Waals surface area contributed by atoms with E-state index in [1.807, 2.05) is 0 Å². The van der Waals surface area contributed by atoms with Gasteiger partial charge in [-0.2, -0.15) is 35.1 Å². The van der Waals surface area contributed by atoms with Crippen LogP contribution in [0.5, 0.6) is 0 Å². The molecule has 0 aliphatic carbocycles. The van der Waals surface area contributed by atoms with E-state index in [0.29, 0.717) is 0 Å². The van der Waals surface area contributed by atoms with Crippen LogP contribution in [0.4, 0.5) is 39.5 Å². The first kappa shape index (κ1) is 16.6. The average molecular weight is 311 g/mol. The molecule has 20 heavy (non-hydrogen) atoms. The van der Waals surface area contributed by atoms with E-state index in [0.717, 1.165) is 0 Å². The Labute approximate surface area is 106 Å². The summed E-state index contributed by atoms with van der Waals surface area (Å²) in [6, 6.07) is -3.12. The summed E-state index contributed by atoms with van der Waals surface area (Å²) in [4.78, 5) is 0. The first-order valence-electron chi connectivity index (χ1n) is 4.85. The number of halogens is 9. The summed E-state index contributed by atoms with van der Waals surface area (Å²) in [6.45, 7) is 0. The van der Waals surface area contributed by atoms with Crippen molar-refractivity contribution in [2.24, 2.45) is 5.73 Å². The Kier molecular flexibility index (Phi) is 4.01. The number of hydrogen-bond acceptors (Lipinski definition) is 1. The molecule has 114 valence electrons. The van der Waals surface area contributed by atoms with Gasteiger partial charge in [0.05, 0.1) is 5.56 Å². The van der Waals surface area contributed by atoms with Gasteiger partial charge in [-0.15, -0.1) is 0 Å². The van der Waals surface area contributed by atoms with E-state index in [1.165, 1.54) is 0 Å². The van der Waals surface area contributed by atoms with Crippen LogP contribution in [0.2, 0.25) is 0 Å². The van der Waals surface area contributed by atoms with E-state index < -0.39 is 41.3 Å². The Bertz CT molecular complexity index is 488. The van der Waals surface area contributed by atoms with Gasteiger partial charge in [-0.05, 0) is 18.2 Å². The predicted octanol–water partition coefficient (Wildman–Crippen LogP) is 4.04. The van der Waals surface area contributed by atoms with Gasteiger partial charge in [0.1, 0.15) is 11.9 Å². The highest BCUT2D eigenvalue weighted by Crippen LogP contribution is 2.44. The molecule has 0 saturated heterocycles. The van der Waals surface area contributed by atoms with Gasteiger partial charge in [-0.3, -0.25) is 0 Å². The van der Waals surface area contributed by atoms with E-state index in [2.05, 4.69) is 5.73 Å². The summed E-state index contributed by atoms with van der Waals surface area (Å²) in [5.41, 5.74) is 1.45. The molecule has 0 aromatic heterocycles. The van der Waals surface area contributed by atoms with Crippen molar-refractivity contribution >= 4 is 0 Å². The summed E-state index contributed by atoms with van der Waals surface area (Å²) in [5.74, 6) is -7.26. The Morgan fingerprint density at radius 1 is 0.900 bits per heavy atom. The number of hydrogen-bond donors (Lipinski definition) is 1. The molecule has 1 aromatic rings. The van der Waals surface area contributed by atoms with Crippen LogP contribution in [0.25, 0.3) is 0 Å². The van der Waals surface area contributed by atoms with Gasteiger partial charge in [-0.25, -0.2) is 4.39 Å². The highest BCUT2D eigenvalue weighted by atomic mass is 19.4. The van der Waals surface area contributed by atoms with Crippen molar-refractivity contribution in [1.82, 2.24) is 0 Å². The third-order valence-electron chi connectivity index (χ3n) is 2.43.